The number of hydrogen-bond acceptors (Lipinski definition) is 4. The summed E-state index contributed by atoms with van der Waals surface area (Å²) in [6.07, 6.45) is 3.13. The van der Waals surface area contributed by atoms with Crippen LogP contribution in [0.1, 0.15) is 18.1 Å². The van der Waals surface area contributed by atoms with Crippen LogP contribution in [0.15, 0.2) is 84.9 Å². The SMILES string of the molecule is CCOC(=O)C=Cc1ccc(OCc2cccc(Oc3ccccc3)c2)cc1. The minimum absolute atomic E-state index is 0.347. The summed E-state index contributed by atoms with van der Waals surface area (Å²) in [6, 6.07) is 25.0. The fraction of sp³-hybridized carbons (Fsp3) is 0.125. The lowest BCUT2D eigenvalue weighted by molar-refractivity contribution is -0.137. The standard InChI is InChI=1S/C24H22O4/c1-2-26-24(25)16-13-19-11-14-21(15-12-19)27-18-20-7-6-10-23(17-20)28-22-8-4-3-5-9-22/h3-17H,2,18H2,1H3. The maximum absolute atomic E-state index is 11.3. The number of rotatable bonds is 8. The van der Waals surface area contributed by atoms with Crippen molar-refractivity contribution in [3.8, 4) is 17.2 Å². The quantitative estimate of drug-likeness (QED) is 0.378. The zero-order chi connectivity index (χ0) is 19.6. The molecule has 0 spiro atoms. The molecule has 0 aromatic heterocycles. The largest absolute Gasteiger partial charge is 0.489 e. The Morgan fingerprint density at radius 2 is 1.61 bits per heavy atom. The molecule has 0 radical (unpaired) electrons. The Kier molecular flexibility index (Phi) is 6.85. The topological polar surface area (TPSA) is 44.8 Å². The van der Waals surface area contributed by atoms with Crippen molar-refractivity contribution in [3.63, 3.8) is 0 Å². The van der Waals surface area contributed by atoms with Gasteiger partial charge in [0.05, 0.1) is 6.61 Å². The molecule has 0 aliphatic carbocycles. The number of carbonyl (C=O) groups is 1. The van der Waals surface area contributed by atoms with E-state index >= 15 is 0 Å². The van der Waals surface area contributed by atoms with E-state index in [2.05, 4.69) is 0 Å². The van der Waals surface area contributed by atoms with Crippen LogP contribution in [0.2, 0.25) is 0 Å². The van der Waals surface area contributed by atoms with E-state index in [-0.39, 0.29) is 5.97 Å². The predicted molar refractivity (Wildman–Crippen MR) is 109 cm³/mol. The molecule has 4 heteroatoms. The van der Waals surface area contributed by atoms with Gasteiger partial charge in [-0.3, -0.25) is 0 Å². The number of ether oxygens (including phenoxy) is 3. The summed E-state index contributed by atoms with van der Waals surface area (Å²) in [4.78, 5) is 11.3. The van der Waals surface area contributed by atoms with E-state index < -0.39 is 0 Å². The molecule has 3 rings (SSSR count). The first-order valence-corrected chi connectivity index (χ1v) is 9.12. The van der Waals surface area contributed by atoms with Crippen molar-refractivity contribution in [2.75, 3.05) is 6.61 Å². The molecule has 0 unspecified atom stereocenters. The molecule has 0 N–H and O–H groups in total. The third-order valence-electron chi connectivity index (χ3n) is 3.86. The molecule has 28 heavy (non-hydrogen) atoms. The van der Waals surface area contributed by atoms with Gasteiger partial charge < -0.3 is 14.2 Å². The van der Waals surface area contributed by atoms with E-state index in [1.807, 2.05) is 78.9 Å². The first-order chi connectivity index (χ1) is 13.7. The van der Waals surface area contributed by atoms with Gasteiger partial charge in [0.2, 0.25) is 0 Å². The van der Waals surface area contributed by atoms with Crippen molar-refractivity contribution in [2.24, 2.45) is 0 Å². The van der Waals surface area contributed by atoms with Crippen LogP contribution in [-0.2, 0) is 16.1 Å². The highest BCUT2D eigenvalue weighted by molar-refractivity contribution is 5.87. The Hall–Kier alpha value is -3.53. The fourth-order valence-electron chi connectivity index (χ4n) is 2.52. The van der Waals surface area contributed by atoms with Gasteiger partial charge in [-0.15, -0.1) is 0 Å². The van der Waals surface area contributed by atoms with Crippen LogP contribution in [0.3, 0.4) is 0 Å². The first kappa shape index (κ1) is 19.2. The zero-order valence-corrected chi connectivity index (χ0v) is 15.7. The maximum atomic E-state index is 11.3. The zero-order valence-electron chi connectivity index (χ0n) is 15.7. The molecule has 3 aromatic rings. The van der Waals surface area contributed by atoms with E-state index in [4.69, 9.17) is 14.2 Å². The van der Waals surface area contributed by atoms with Crippen LogP contribution < -0.4 is 9.47 Å². The highest BCUT2D eigenvalue weighted by Crippen LogP contribution is 2.23. The molecule has 142 valence electrons. The van der Waals surface area contributed by atoms with Gasteiger partial charge in [-0.25, -0.2) is 4.79 Å². The van der Waals surface area contributed by atoms with Gasteiger partial charge in [-0.2, -0.15) is 0 Å². The lowest BCUT2D eigenvalue weighted by Gasteiger charge is -2.09. The third-order valence-corrected chi connectivity index (χ3v) is 3.86. The van der Waals surface area contributed by atoms with Gasteiger partial charge in [-0.05, 0) is 60.5 Å². The second-order valence-corrected chi connectivity index (χ2v) is 6.01. The number of carbonyl (C=O) groups excluding carboxylic acids is 1. The predicted octanol–water partition coefficient (Wildman–Crippen LogP) is 5.63. The molecule has 0 amide bonds. The number of esters is 1. The molecule has 0 aliphatic rings. The Balaban J connectivity index is 1.55. The summed E-state index contributed by atoms with van der Waals surface area (Å²) < 4.78 is 16.6. The van der Waals surface area contributed by atoms with Crippen molar-refractivity contribution in [3.05, 3.63) is 96.1 Å². The molecule has 0 saturated heterocycles. The highest BCUT2D eigenvalue weighted by atomic mass is 16.5. The Morgan fingerprint density at radius 1 is 0.857 bits per heavy atom. The molecular formula is C24H22O4. The van der Waals surface area contributed by atoms with Crippen LogP contribution >= 0.6 is 0 Å². The summed E-state index contributed by atoms with van der Waals surface area (Å²) in [5.41, 5.74) is 1.92. The molecule has 0 fully saturated rings. The number of hydrogen-bond donors (Lipinski definition) is 0. The molecule has 3 aromatic carbocycles. The summed E-state index contributed by atoms with van der Waals surface area (Å²) in [6.45, 7) is 2.58. The van der Waals surface area contributed by atoms with Gasteiger partial charge in [0.15, 0.2) is 0 Å². The van der Waals surface area contributed by atoms with Crippen LogP contribution in [0.25, 0.3) is 6.08 Å². The average Bonchev–Trinajstić information content (AvgIpc) is 2.73. The number of para-hydroxylation sites is 1. The normalized spacial score (nSPS) is 10.6. The summed E-state index contributed by atoms with van der Waals surface area (Å²) >= 11 is 0. The minimum Gasteiger partial charge on any atom is -0.489 e. The van der Waals surface area contributed by atoms with Crippen molar-refractivity contribution in [2.45, 2.75) is 13.5 Å². The first-order valence-electron chi connectivity index (χ1n) is 9.12. The molecule has 0 aliphatic heterocycles. The van der Waals surface area contributed by atoms with Gasteiger partial charge in [0.1, 0.15) is 23.9 Å². The molecule has 0 atom stereocenters. The second kappa shape index (κ2) is 9.97. The second-order valence-electron chi connectivity index (χ2n) is 6.01. The highest BCUT2D eigenvalue weighted by Gasteiger charge is 2.01. The molecule has 4 nitrogen and oxygen atoms in total. The summed E-state index contributed by atoms with van der Waals surface area (Å²) in [5, 5.41) is 0. The average molecular weight is 374 g/mol. The van der Waals surface area contributed by atoms with Gasteiger partial charge in [0, 0.05) is 6.08 Å². The van der Waals surface area contributed by atoms with E-state index in [0.717, 1.165) is 28.4 Å². The van der Waals surface area contributed by atoms with Crippen molar-refractivity contribution in [1.29, 1.82) is 0 Å². The summed E-state index contributed by atoms with van der Waals surface area (Å²) in [5.74, 6) is 1.97. The Bertz CT molecular complexity index is 915. The van der Waals surface area contributed by atoms with Crippen LogP contribution in [-0.4, -0.2) is 12.6 Å². The van der Waals surface area contributed by atoms with Crippen LogP contribution in [0, 0.1) is 0 Å². The summed E-state index contributed by atoms with van der Waals surface area (Å²) in [7, 11) is 0. The fourth-order valence-corrected chi connectivity index (χ4v) is 2.52. The van der Waals surface area contributed by atoms with Crippen LogP contribution in [0.4, 0.5) is 0 Å². The maximum Gasteiger partial charge on any atom is 0.330 e. The third kappa shape index (κ3) is 6.02. The number of benzene rings is 3. The van der Waals surface area contributed by atoms with Gasteiger partial charge >= 0.3 is 5.97 Å². The molecular weight excluding hydrogens is 352 g/mol. The van der Waals surface area contributed by atoms with Crippen molar-refractivity contribution < 1.29 is 19.0 Å². The lowest BCUT2D eigenvalue weighted by atomic mass is 10.2. The van der Waals surface area contributed by atoms with Gasteiger partial charge in [0.25, 0.3) is 0 Å². The smallest absolute Gasteiger partial charge is 0.330 e. The van der Waals surface area contributed by atoms with Crippen LogP contribution in [0.5, 0.6) is 17.2 Å². The van der Waals surface area contributed by atoms with Gasteiger partial charge in [-0.1, -0.05) is 42.5 Å². The van der Waals surface area contributed by atoms with Crippen molar-refractivity contribution >= 4 is 12.0 Å². The molecule has 0 heterocycles. The van der Waals surface area contributed by atoms with E-state index in [1.54, 1.807) is 13.0 Å². The minimum atomic E-state index is -0.347. The molecule has 0 bridgehead atoms. The molecule has 0 saturated carbocycles. The van der Waals surface area contributed by atoms with E-state index in [1.165, 1.54) is 6.08 Å². The Labute approximate surface area is 165 Å². The lowest BCUT2D eigenvalue weighted by Crippen LogP contribution is -1.98. The Morgan fingerprint density at radius 3 is 2.36 bits per heavy atom. The van der Waals surface area contributed by atoms with E-state index in [9.17, 15) is 4.79 Å². The van der Waals surface area contributed by atoms with E-state index in [0.29, 0.717) is 13.2 Å². The monoisotopic (exact) mass is 374 g/mol. The van der Waals surface area contributed by atoms with Crippen molar-refractivity contribution in [1.82, 2.24) is 0 Å².